The average Bonchev–Trinajstić information content (AvgIpc) is 2.54. The molecule has 1 saturated heterocycles. The summed E-state index contributed by atoms with van der Waals surface area (Å²) in [6.07, 6.45) is 1.79. The maximum absolute atomic E-state index is 12.6. The number of carbonyl (C=O) groups is 1. The summed E-state index contributed by atoms with van der Waals surface area (Å²) in [6, 6.07) is 6.73. The van der Waals surface area contributed by atoms with E-state index < -0.39 is 10.0 Å². The summed E-state index contributed by atoms with van der Waals surface area (Å²) in [5.74, 6) is 0.306. The minimum atomic E-state index is -3.41. The van der Waals surface area contributed by atoms with Gasteiger partial charge in [-0.25, -0.2) is 8.42 Å². The Labute approximate surface area is 143 Å². The fourth-order valence-electron chi connectivity index (χ4n) is 2.54. The Balaban J connectivity index is 0.00000264. The third kappa shape index (κ3) is 5.09. The molecule has 1 fully saturated rings. The Morgan fingerprint density at radius 3 is 2.48 bits per heavy atom. The number of halogens is 1. The van der Waals surface area contributed by atoms with E-state index in [9.17, 15) is 13.2 Å². The molecular weight excluding hydrogens is 338 g/mol. The highest BCUT2D eigenvalue weighted by molar-refractivity contribution is 7.92. The van der Waals surface area contributed by atoms with Gasteiger partial charge in [0.15, 0.2) is 0 Å². The number of anilines is 1. The third-order valence-corrected chi connectivity index (χ3v) is 5.33. The number of hydrogen-bond acceptors (Lipinski definition) is 4. The maximum Gasteiger partial charge on any atom is 0.255 e. The zero-order chi connectivity index (χ0) is 16.2. The lowest BCUT2D eigenvalue weighted by molar-refractivity contribution is 0.0694. The molecule has 1 aromatic carbocycles. The number of nitrogens with zero attached hydrogens (tertiary/aromatic N) is 1. The number of piperidine rings is 1. The minimum Gasteiger partial charge on any atom is -0.339 e. The van der Waals surface area contributed by atoms with Crippen LogP contribution in [0.3, 0.4) is 0 Å². The monoisotopic (exact) mass is 361 g/mol. The van der Waals surface area contributed by atoms with Gasteiger partial charge in [0, 0.05) is 13.1 Å². The summed E-state index contributed by atoms with van der Waals surface area (Å²) in [6.45, 7) is 3.53. The van der Waals surface area contributed by atoms with E-state index in [1.165, 1.54) is 0 Å². The highest BCUT2D eigenvalue weighted by Gasteiger charge is 2.25. The Morgan fingerprint density at radius 1 is 1.30 bits per heavy atom. The van der Waals surface area contributed by atoms with E-state index in [0.29, 0.717) is 36.8 Å². The zero-order valence-electron chi connectivity index (χ0n) is 13.2. The number of carbonyl (C=O) groups excluding carboxylic acids is 1. The van der Waals surface area contributed by atoms with Crippen LogP contribution in [0.25, 0.3) is 0 Å². The van der Waals surface area contributed by atoms with Crippen LogP contribution in [0.5, 0.6) is 0 Å². The first-order valence-electron chi connectivity index (χ1n) is 7.55. The molecule has 0 unspecified atom stereocenters. The first-order chi connectivity index (χ1) is 10.5. The molecule has 2 rings (SSSR count). The third-order valence-electron chi connectivity index (χ3n) is 4.04. The molecule has 1 aliphatic heterocycles. The number of hydrogen-bond donors (Lipinski definition) is 2. The van der Waals surface area contributed by atoms with Crippen molar-refractivity contribution in [2.75, 3.05) is 30.1 Å². The van der Waals surface area contributed by atoms with E-state index in [4.69, 9.17) is 5.73 Å². The van der Waals surface area contributed by atoms with E-state index in [1.54, 1.807) is 36.1 Å². The number of para-hydroxylation sites is 1. The molecular formula is C15H24ClN3O3S. The molecule has 3 N–H and O–H groups in total. The molecule has 0 aromatic heterocycles. The van der Waals surface area contributed by atoms with Gasteiger partial charge in [0.05, 0.1) is 17.0 Å². The van der Waals surface area contributed by atoms with Crippen molar-refractivity contribution in [1.29, 1.82) is 0 Å². The van der Waals surface area contributed by atoms with Crippen LogP contribution in [0.15, 0.2) is 24.3 Å². The lowest BCUT2D eigenvalue weighted by Gasteiger charge is -2.31. The predicted molar refractivity (Wildman–Crippen MR) is 94.5 cm³/mol. The number of nitrogens with one attached hydrogen (secondary N) is 1. The van der Waals surface area contributed by atoms with Gasteiger partial charge in [-0.05, 0) is 44.4 Å². The summed E-state index contributed by atoms with van der Waals surface area (Å²) in [5.41, 5.74) is 6.40. The lowest BCUT2D eigenvalue weighted by Crippen LogP contribution is -2.40. The molecule has 0 spiro atoms. The Kier molecular flexibility index (Phi) is 7.31. The smallest absolute Gasteiger partial charge is 0.255 e. The van der Waals surface area contributed by atoms with Crippen molar-refractivity contribution in [2.24, 2.45) is 11.7 Å². The zero-order valence-corrected chi connectivity index (χ0v) is 14.8. The molecule has 0 atom stereocenters. The lowest BCUT2D eigenvalue weighted by atomic mass is 9.96. The van der Waals surface area contributed by atoms with Crippen LogP contribution in [0.2, 0.25) is 0 Å². The SMILES string of the molecule is CCS(=O)(=O)Nc1ccccc1C(=O)N1CCC(CN)CC1.Cl. The summed E-state index contributed by atoms with van der Waals surface area (Å²) in [5, 5.41) is 0. The fraction of sp³-hybridized carbons (Fsp3) is 0.533. The minimum absolute atomic E-state index is 0. The molecule has 1 aliphatic rings. The van der Waals surface area contributed by atoms with Gasteiger partial charge in [-0.2, -0.15) is 0 Å². The molecule has 1 aromatic rings. The molecule has 8 heteroatoms. The molecule has 1 amide bonds. The number of sulfonamides is 1. The maximum atomic E-state index is 12.6. The standard InChI is InChI=1S/C15H23N3O3S.ClH/c1-2-22(20,21)17-14-6-4-3-5-13(14)15(19)18-9-7-12(11-16)8-10-18;/h3-6,12,17H,2,7-11,16H2,1H3;1H. The molecule has 0 bridgehead atoms. The molecule has 0 radical (unpaired) electrons. The van der Waals surface area contributed by atoms with Crippen LogP contribution < -0.4 is 10.5 Å². The number of nitrogens with two attached hydrogens (primary N) is 1. The molecule has 23 heavy (non-hydrogen) atoms. The molecule has 0 aliphatic carbocycles. The number of rotatable bonds is 5. The van der Waals surface area contributed by atoms with E-state index >= 15 is 0 Å². The fourth-order valence-corrected chi connectivity index (χ4v) is 3.20. The summed E-state index contributed by atoms with van der Waals surface area (Å²) in [4.78, 5) is 14.4. The van der Waals surface area contributed by atoms with Crippen LogP contribution in [0.1, 0.15) is 30.1 Å². The second kappa shape index (κ2) is 8.52. The van der Waals surface area contributed by atoms with E-state index in [2.05, 4.69) is 4.72 Å². The number of benzene rings is 1. The van der Waals surface area contributed by atoms with Gasteiger partial charge in [0.1, 0.15) is 0 Å². The van der Waals surface area contributed by atoms with Crippen LogP contribution in [0, 0.1) is 5.92 Å². The predicted octanol–water partition coefficient (Wildman–Crippen LogP) is 1.68. The van der Waals surface area contributed by atoms with E-state index in [-0.39, 0.29) is 24.1 Å². The van der Waals surface area contributed by atoms with Gasteiger partial charge < -0.3 is 10.6 Å². The second-order valence-electron chi connectivity index (χ2n) is 5.52. The molecule has 6 nitrogen and oxygen atoms in total. The van der Waals surface area contributed by atoms with Crippen molar-refractivity contribution in [3.63, 3.8) is 0 Å². The Bertz CT molecular complexity index is 629. The highest BCUT2D eigenvalue weighted by atomic mass is 35.5. The first kappa shape index (κ1) is 19.7. The van der Waals surface area contributed by atoms with Crippen molar-refractivity contribution >= 4 is 34.0 Å². The van der Waals surface area contributed by atoms with Gasteiger partial charge in [-0.15, -0.1) is 12.4 Å². The van der Waals surface area contributed by atoms with E-state index in [0.717, 1.165) is 12.8 Å². The van der Waals surface area contributed by atoms with Crippen molar-refractivity contribution < 1.29 is 13.2 Å². The Morgan fingerprint density at radius 2 is 1.91 bits per heavy atom. The Hall–Kier alpha value is -1.31. The first-order valence-corrected chi connectivity index (χ1v) is 9.21. The van der Waals surface area contributed by atoms with E-state index in [1.807, 2.05) is 0 Å². The normalized spacial score (nSPS) is 15.8. The summed E-state index contributed by atoms with van der Waals surface area (Å²) < 4.78 is 26.0. The van der Waals surface area contributed by atoms with Gasteiger partial charge in [0.2, 0.25) is 10.0 Å². The summed E-state index contributed by atoms with van der Waals surface area (Å²) in [7, 11) is -3.41. The second-order valence-corrected chi connectivity index (χ2v) is 7.53. The van der Waals surface area contributed by atoms with Crippen LogP contribution in [-0.2, 0) is 10.0 Å². The van der Waals surface area contributed by atoms with Crippen molar-refractivity contribution in [1.82, 2.24) is 4.90 Å². The van der Waals surface area contributed by atoms with Gasteiger partial charge in [-0.1, -0.05) is 12.1 Å². The van der Waals surface area contributed by atoms with Crippen molar-refractivity contribution in [3.8, 4) is 0 Å². The molecule has 130 valence electrons. The topological polar surface area (TPSA) is 92.5 Å². The van der Waals surface area contributed by atoms with Gasteiger partial charge >= 0.3 is 0 Å². The van der Waals surface area contributed by atoms with Crippen molar-refractivity contribution in [2.45, 2.75) is 19.8 Å². The molecule has 1 heterocycles. The van der Waals surface area contributed by atoms with Crippen LogP contribution >= 0.6 is 12.4 Å². The van der Waals surface area contributed by atoms with Crippen LogP contribution in [0.4, 0.5) is 5.69 Å². The quantitative estimate of drug-likeness (QED) is 0.834. The summed E-state index contributed by atoms with van der Waals surface area (Å²) >= 11 is 0. The number of likely N-dealkylation sites (tertiary alicyclic amines) is 1. The molecule has 0 saturated carbocycles. The largest absolute Gasteiger partial charge is 0.339 e. The van der Waals surface area contributed by atoms with Crippen LogP contribution in [-0.4, -0.2) is 44.6 Å². The van der Waals surface area contributed by atoms with Gasteiger partial charge in [-0.3, -0.25) is 9.52 Å². The average molecular weight is 362 g/mol. The highest BCUT2D eigenvalue weighted by Crippen LogP contribution is 2.22. The van der Waals surface area contributed by atoms with Crippen molar-refractivity contribution in [3.05, 3.63) is 29.8 Å². The number of amides is 1. The van der Waals surface area contributed by atoms with Gasteiger partial charge in [0.25, 0.3) is 5.91 Å².